The van der Waals surface area contributed by atoms with Gasteiger partial charge in [0.1, 0.15) is 7.57 Å². The van der Waals surface area contributed by atoms with Crippen LogP contribution in [0.25, 0.3) is 0 Å². The molecule has 0 amide bonds. The zero-order chi connectivity index (χ0) is 5.86. The van der Waals surface area contributed by atoms with Crippen molar-refractivity contribution in [2.24, 2.45) is 0 Å². The third-order valence-corrected chi connectivity index (χ3v) is 0. The molecule has 0 aromatic heterocycles. The van der Waals surface area contributed by atoms with Crippen LogP contribution in [-0.4, -0.2) is 16.8 Å². The van der Waals surface area contributed by atoms with E-state index in [2.05, 4.69) is 0 Å². The maximum atomic E-state index is 6.70. The van der Waals surface area contributed by atoms with Crippen LogP contribution in [0, 0.1) is 0 Å². The van der Waals surface area contributed by atoms with E-state index in [0.717, 1.165) is 0 Å². The van der Waals surface area contributed by atoms with Crippen molar-refractivity contribution in [3.63, 3.8) is 0 Å². The summed E-state index contributed by atoms with van der Waals surface area (Å²) in [6, 6.07) is 0. The van der Waals surface area contributed by atoms with Crippen molar-refractivity contribution in [1.29, 1.82) is 2.56 Å². The van der Waals surface area contributed by atoms with Gasteiger partial charge in [-0.1, -0.05) is 0 Å². The first-order chi connectivity index (χ1) is 3.18. The van der Waals surface area contributed by atoms with E-state index >= 15 is 0 Å². The lowest BCUT2D eigenvalue weighted by Gasteiger charge is -1.82. The minimum absolute atomic E-state index is 0.0635. The van der Waals surface area contributed by atoms with Gasteiger partial charge < -0.3 is 0 Å². The fourth-order valence-electron chi connectivity index (χ4n) is 0. The van der Waals surface area contributed by atoms with Crippen LogP contribution in [0.3, 0.4) is 0 Å². The van der Waals surface area contributed by atoms with E-state index in [1.807, 2.05) is 0 Å². The molecule has 0 rings (SSSR count). The van der Waals surface area contributed by atoms with Crippen molar-refractivity contribution < 1.29 is 1.37 Å². The van der Waals surface area contributed by atoms with Gasteiger partial charge in [-0.3, -0.25) is 0 Å². The maximum absolute atomic E-state index is 6.70. The van der Waals surface area contributed by atoms with E-state index < -0.39 is 16.3 Å². The molecule has 4 heavy (non-hydrogen) atoms. The summed E-state index contributed by atoms with van der Waals surface area (Å²) in [7, 11) is 2.57. The summed E-state index contributed by atoms with van der Waals surface area (Å²) in [4.78, 5) is 0. The largest absolute Gasteiger partial charge is 0.141 e. The van der Waals surface area contributed by atoms with Crippen LogP contribution >= 0.6 is 16.3 Å². The van der Waals surface area contributed by atoms with Crippen molar-refractivity contribution in [2.75, 3.05) is 6.64 Å². The molecular formula is CH5BP2. The van der Waals surface area contributed by atoms with Gasteiger partial charge in [-0.05, 0) is 6.64 Å². The Labute approximate surface area is 35.5 Å². The Hall–Kier alpha value is 0.925. The molecule has 2 unspecified atom stereocenters. The Morgan fingerprint density at radius 3 is 4.00 bits per heavy atom. The van der Waals surface area contributed by atoms with E-state index in [9.17, 15) is 0 Å². The molecule has 0 saturated heterocycles. The minimum Gasteiger partial charge on any atom is -0.141 e. The zero-order valence-corrected chi connectivity index (χ0v) is 3.97. The summed E-state index contributed by atoms with van der Waals surface area (Å²) in [6.45, 7) is 0.0635. The monoisotopic (exact) mass is 95.0 g/mol. The molecular weight excluding hydrogens is 84.8 g/mol. The molecule has 0 heterocycles. The molecule has 0 bridgehead atoms. The molecule has 0 N–H and O–H groups in total. The Bertz CT molecular complexity index is 50.2. The Morgan fingerprint density at radius 1 is 3.25 bits per heavy atom. The topological polar surface area (TPSA) is 0 Å². The highest BCUT2D eigenvalue weighted by Crippen LogP contribution is 2.32. The molecule has 0 aliphatic rings. The van der Waals surface area contributed by atoms with E-state index in [4.69, 9.17) is 11.5 Å². The lowest BCUT2D eigenvalue weighted by Crippen LogP contribution is -1.40. The zero-order valence-electron chi connectivity index (χ0n) is 5.18. The number of hydrogen-bond acceptors (Lipinski definition) is 0. The SMILES string of the molecule is [2H]P([3H])P([B])C[3H]. The van der Waals surface area contributed by atoms with Crippen molar-refractivity contribution in [3.8, 4) is 0 Å². The van der Waals surface area contributed by atoms with Gasteiger partial charge in [0, 0.05) is 1.37 Å². The van der Waals surface area contributed by atoms with E-state index in [1.165, 1.54) is 0 Å². The third-order valence-electron chi connectivity index (χ3n) is 0. The van der Waals surface area contributed by atoms with Crippen molar-refractivity contribution in [1.82, 2.24) is 0 Å². The van der Waals surface area contributed by atoms with Crippen LogP contribution in [0.4, 0.5) is 0 Å². The molecule has 2 radical (unpaired) electrons. The first kappa shape index (κ1) is 1.58. The van der Waals surface area contributed by atoms with Crippen LogP contribution < -0.4 is 0 Å². The molecule has 0 aliphatic heterocycles. The molecule has 0 aromatic rings. The molecule has 0 aromatic carbocycles. The number of rotatable bonds is 1. The average molecular weight is 94.8 g/mol. The van der Waals surface area contributed by atoms with Crippen LogP contribution in [0.5, 0.6) is 0 Å². The van der Waals surface area contributed by atoms with Gasteiger partial charge in [-0.15, -0.1) is 16.3 Å². The lowest BCUT2D eigenvalue weighted by molar-refractivity contribution is 2.50. The predicted octanol–water partition coefficient (Wildman–Crippen LogP) is 0.972. The van der Waals surface area contributed by atoms with Crippen molar-refractivity contribution in [3.05, 3.63) is 0 Å². The smallest absolute Gasteiger partial charge is 0.114 e. The maximum Gasteiger partial charge on any atom is 0.114 e. The van der Waals surface area contributed by atoms with Gasteiger partial charge in [0.2, 0.25) is 0 Å². The molecule has 0 spiro atoms. The highest BCUT2D eigenvalue weighted by Gasteiger charge is 1.66. The molecule has 0 fully saturated rings. The summed E-state index contributed by atoms with van der Waals surface area (Å²) in [5.41, 5.74) is 0. The first-order valence-electron chi connectivity index (χ1n) is 2.38. The molecule has 3 heteroatoms. The second kappa shape index (κ2) is 2.18. The van der Waals surface area contributed by atoms with Crippen LogP contribution in [0.1, 0.15) is 1.37 Å². The summed E-state index contributed by atoms with van der Waals surface area (Å²) < 4.78 is 20.0. The molecule has 0 aliphatic carbocycles. The summed E-state index contributed by atoms with van der Waals surface area (Å²) in [5.74, 6) is 0. The van der Waals surface area contributed by atoms with Crippen molar-refractivity contribution >= 4 is 23.9 Å². The van der Waals surface area contributed by atoms with Gasteiger partial charge in [0.15, 0.2) is 0 Å². The van der Waals surface area contributed by atoms with Gasteiger partial charge in [0.25, 0.3) is 0 Å². The van der Waals surface area contributed by atoms with Crippen LogP contribution in [0.15, 0.2) is 0 Å². The lowest BCUT2D eigenvalue weighted by atomic mass is 10.8. The normalized spacial score (nSPS) is 33.5. The Morgan fingerprint density at radius 2 is 4.00 bits per heavy atom. The fraction of sp³-hybridized carbons (Fsp3) is 1.00. The second-order valence-electron chi connectivity index (χ2n) is 0.439. The fourth-order valence-corrected chi connectivity index (χ4v) is 0. The molecule has 2 atom stereocenters. The Kier molecular flexibility index (Phi) is 0.862. The minimum atomic E-state index is -1.51. The van der Waals surface area contributed by atoms with Gasteiger partial charge in [0.05, 0.1) is 2.56 Å². The predicted molar refractivity (Wildman–Crippen MR) is 28.3 cm³/mol. The Balaban J connectivity index is 3.14. The second-order valence-corrected chi connectivity index (χ2v) is 2.86. The van der Waals surface area contributed by atoms with Crippen LogP contribution in [0.2, 0.25) is 0 Å². The average Bonchev–Trinajstić information content (AvgIpc) is 1.65. The standard InChI is InChI=1S/CH5BP2/c1-4(2)3/h3H2,1H3/i1T,3TD. The summed E-state index contributed by atoms with van der Waals surface area (Å²) in [5, 5.41) is 0. The van der Waals surface area contributed by atoms with E-state index in [-0.39, 0.29) is 6.64 Å². The molecule has 22 valence electrons. The summed E-state index contributed by atoms with van der Waals surface area (Å²) in [6.07, 6.45) is 0. The van der Waals surface area contributed by atoms with E-state index in [0.29, 0.717) is 0 Å². The highest BCUT2D eigenvalue weighted by atomic mass is 32.0. The van der Waals surface area contributed by atoms with Gasteiger partial charge >= 0.3 is 0 Å². The van der Waals surface area contributed by atoms with Gasteiger partial charge in [-0.2, -0.15) is 0 Å². The highest BCUT2D eigenvalue weighted by molar-refractivity contribution is 8.25. The van der Waals surface area contributed by atoms with E-state index in [1.54, 1.807) is 0 Å². The number of hydrogen-bond donors (Lipinski definition) is 0. The molecule has 0 nitrogen and oxygen atoms in total. The quantitative estimate of drug-likeness (QED) is 0.336. The van der Waals surface area contributed by atoms with Crippen LogP contribution in [-0.2, 0) is 0 Å². The summed E-state index contributed by atoms with van der Waals surface area (Å²) >= 11 is 0. The first-order valence-corrected chi connectivity index (χ1v) is 3.52. The third kappa shape index (κ3) is 12.7. The van der Waals surface area contributed by atoms with Gasteiger partial charge in [-0.25, -0.2) is 0 Å². The van der Waals surface area contributed by atoms with Crippen molar-refractivity contribution in [2.45, 2.75) is 0 Å². The molecule has 0 saturated carbocycles.